The smallest absolute Gasteiger partial charge is 0.164 e. The van der Waals surface area contributed by atoms with E-state index in [1.54, 1.807) is 19.2 Å². The lowest BCUT2D eigenvalue weighted by molar-refractivity contribution is 0.313. The molecule has 0 spiro atoms. The number of aryl methyl sites for hydroxylation is 1. The molecule has 0 unspecified atom stereocenters. The topological polar surface area (TPSA) is 77.7 Å². The van der Waals surface area contributed by atoms with Crippen LogP contribution in [-0.4, -0.2) is 62.9 Å². The molecule has 2 aromatic heterocycles. The van der Waals surface area contributed by atoms with Gasteiger partial charge in [-0.1, -0.05) is 0 Å². The molecule has 0 saturated carbocycles. The fraction of sp³-hybridized carbons (Fsp3) is 0.250. The van der Waals surface area contributed by atoms with Gasteiger partial charge in [-0.05, 0) is 62.0 Å². The summed E-state index contributed by atoms with van der Waals surface area (Å²) in [6.07, 6.45) is 1.74. The first-order chi connectivity index (χ1) is 15.0. The van der Waals surface area contributed by atoms with Crippen LogP contribution in [0.25, 0.3) is 28.2 Å². The number of pyridine rings is 1. The van der Waals surface area contributed by atoms with Crippen LogP contribution in [0.5, 0.6) is 11.5 Å². The number of nitrogens with zero attached hydrogens (tertiary/aromatic N) is 5. The summed E-state index contributed by atoms with van der Waals surface area (Å²) in [6.45, 7) is 5.94. The second-order valence-corrected chi connectivity index (χ2v) is 8.08. The van der Waals surface area contributed by atoms with E-state index in [9.17, 15) is 10.2 Å². The van der Waals surface area contributed by atoms with E-state index in [1.807, 2.05) is 16.7 Å². The normalized spacial score (nSPS) is 15.0. The van der Waals surface area contributed by atoms with Crippen LogP contribution in [-0.2, 0) is 0 Å². The van der Waals surface area contributed by atoms with Crippen molar-refractivity contribution >= 4 is 16.9 Å². The molecule has 1 saturated heterocycles. The number of likely N-dealkylation sites (N-methyl/N-ethyl adjacent to an activating group) is 1. The van der Waals surface area contributed by atoms with Crippen LogP contribution in [0.4, 0.5) is 5.69 Å². The molecule has 1 aliphatic rings. The molecule has 7 nitrogen and oxygen atoms in total. The van der Waals surface area contributed by atoms with E-state index in [2.05, 4.69) is 46.1 Å². The third-order valence-corrected chi connectivity index (χ3v) is 5.95. The Morgan fingerprint density at radius 2 is 1.58 bits per heavy atom. The van der Waals surface area contributed by atoms with Gasteiger partial charge in [-0.25, -0.2) is 9.97 Å². The summed E-state index contributed by atoms with van der Waals surface area (Å²) in [4.78, 5) is 14.0. The first kappa shape index (κ1) is 19.4. The fourth-order valence-corrected chi connectivity index (χ4v) is 4.08. The number of fused-ring (bicyclic) bond motifs is 1. The van der Waals surface area contributed by atoms with Gasteiger partial charge in [0, 0.05) is 49.8 Å². The Kier molecular flexibility index (Phi) is 4.75. The molecular formula is C24H25N5O2. The summed E-state index contributed by atoms with van der Waals surface area (Å²) in [5.41, 5.74) is 4.79. The lowest BCUT2D eigenvalue weighted by Gasteiger charge is -2.34. The second-order valence-electron chi connectivity index (χ2n) is 8.08. The molecule has 31 heavy (non-hydrogen) atoms. The van der Waals surface area contributed by atoms with Crippen molar-refractivity contribution in [2.75, 3.05) is 38.1 Å². The van der Waals surface area contributed by atoms with Crippen LogP contribution in [0.15, 0.2) is 54.7 Å². The molecule has 4 aromatic rings. The zero-order chi connectivity index (χ0) is 21.5. The number of piperazine rings is 1. The lowest BCUT2D eigenvalue weighted by atomic mass is 10.1. The van der Waals surface area contributed by atoms with Gasteiger partial charge in [0.1, 0.15) is 17.0 Å². The molecule has 0 radical (unpaired) electrons. The molecule has 1 fully saturated rings. The lowest BCUT2D eigenvalue weighted by Crippen LogP contribution is -2.44. The maximum absolute atomic E-state index is 10.6. The third-order valence-electron chi connectivity index (χ3n) is 5.95. The van der Waals surface area contributed by atoms with E-state index in [0.717, 1.165) is 43.0 Å². The Hall–Kier alpha value is -3.58. The second kappa shape index (κ2) is 7.59. The molecule has 0 aliphatic carbocycles. The number of imidazole rings is 1. The highest BCUT2D eigenvalue weighted by Gasteiger charge is 2.20. The van der Waals surface area contributed by atoms with E-state index in [1.165, 1.54) is 11.8 Å². The van der Waals surface area contributed by atoms with E-state index in [0.29, 0.717) is 17.0 Å². The van der Waals surface area contributed by atoms with Crippen molar-refractivity contribution in [1.82, 2.24) is 19.4 Å². The average molecular weight is 415 g/mol. The van der Waals surface area contributed by atoms with Crippen LogP contribution in [0, 0.1) is 6.92 Å². The number of rotatable bonds is 3. The monoisotopic (exact) mass is 415 g/mol. The van der Waals surface area contributed by atoms with Gasteiger partial charge >= 0.3 is 0 Å². The standard InChI is InChI=1S/C24H25N5O2/c1-16-14-19(22(31)15-21(16)30)23-26-20-4-3-9-25-24(20)29(23)18-7-5-17(6-8-18)28-12-10-27(2)11-13-28/h3-9,14-15,30-31H,10-13H2,1-2H3. The number of aromatic hydroxyl groups is 2. The van der Waals surface area contributed by atoms with E-state index in [-0.39, 0.29) is 11.5 Å². The van der Waals surface area contributed by atoms with Crippen molar-refractivity contribution < 1.29 is 10.2 Å². The summed E-state index contributed by atoms with van der Waals surface area (Å²) in [6, 6.07) is 15.3. The molecule has 2 aromatic carbocycles. The summed E-state index contributed by atoms with van der Waals surface area (Å²) < 4.78 is 1.95. The maximum atomic E-state index is 10.6. The number of benzene rings is 2. The Morgan fingerprint density at radius 1 is 0.871 bits per heavy atom. The van der Waals surface area contributed by atoms with E-state index < -0.39 is 0 Å². The highest BCUT2D eigenvalue weighted by Crippen LogP contribution is 2.37. The van der Waals surface area contributed by atoms with Crippen molar-refractivity contribution in [3.05, 3.63) is 60.3 Å². The SMILES string of the molecule is Cc1cc(-c2nc3cccnc3n2-c2ccc(N3CCN(C)CC3)cc2)c(O)cc1O. The first-order valence-electron chi connectivity index (χ1n) is 10.4. The number of hydrogen-bond acceptors (Lipinski definition) is 6. The van der Waals surface area contributed by atoms with Crippen LogP contribution in [0.2, 0.25) is 0 Å². The molecule has 0 atom stereocenters. The molecule has 5 rings (SSSR count). The molecule has 3 heterocycles. The molecule has 0 bridgehead atoms. The third kappa shape index (κ3) is 3.47. The number of anilines is 1. The van der Waals surface area contributed by atoms with Crippen LogP contribution in [0.3, 0.4) is 0 Å². The van der Waals surface area contributed by atoms with Crippen molar-refractivity contribution in [2.45, 2.75) is 6.92 Å². The van der Waals surface area contributed by atoms with Gasteiger partial charge in [0.15, 0.2) is 11.5 Å². The van der Waals surface area contributed by atoms with Gasteiger partial charge in [0.2, 0.25) is 0 Å². The molecule has 158 valence electrons. The van der Waals surface area contributed by atoms with Crippen molar-refractivity contribution in [1.29, 1.82) is 0 Å². The average Bonchev–Trinajstić information content (AvgIpc) is 3.16. The highest BCUT2D eigenvalue weighted by molar-refractivity contribution is 5.82. The predicted octanol–water partition coefficient (Wildman–Crippen LogP) is 3.56. The minimum absolute atomic E-state index is 0.0197. The quantitative estimate of drug-likeness (QED) is 0.533. The molecule has 0 amide bonds. The Balaban J connectivity index is 1.61. The summed E-state index contributed by atoms with van der Waals surface area (Å²) >= 11 is 0. The van der Waals surface area contributed by atoms with Gasteiger partial charge in [-0.2, -0.15) is 0 Å². The zero-order valence-corrected chi connectivity index (χ0v) is 17.7. The molecular weight excluding hydrogens is 390 g/mol. The summed E-state index contributed by atoms with van der Waals surface area (Å²) in [5.74, 6) is 0.619. The van der Waals surface area contributed by atoms with Gasteiger partial charge in [-0.15, -0.1) is 0 Å². The fourth-order valence-electron chi connectivity index (χ4n) is 4.08. The van der Waals surface area contributed by atoms with E-state index >= 15 is 0 Å². The zero-order valence-electron chi connectivity index (χ0n) is 17.7. The van der Waals surface area contributed by atoms with Crippen molar-refractivity contribution in [2.24, 2.45) is 0 Å². The van der Waals surface area contributed by atoms with E-state index in [4.69, 9.17) is 4.98 Å². The van der Waals surface area contributed by atoms with Crippen LogP contribution < -0.4 is 4.90 Å². The highest BCUT2D eigenvalue weighted by atomic mass is 16.3. The minimum atomic E-state index is -0.0197. The predicted molar refractivity (Wildman–Crippen MR) is 122 cm³/mol. The number of phenolic OH excluding ortho intramolecular Hbond substituents is 2. The largest absolute Gasteiger partial charge is 0.508 e. The minimum Gasteiger partial charge on any atom is -0.508 e. The Labute approximate surface area is 180 Å². The summed E-state index contributed by atoms with van der Waals surface area (Å²) in [7, 11) is 2.15. The van der Waals surface area contributed by atoms with Crippen LogP contribution >= 0.6 is 0 Å². The van der Waals surface area contributed by atoms with Crippen LogP contribution in [0.1, 0.15) is 5.56 Å². The van der Waals surface area contributed by atoms with Crippen molar-refractivity contribution in [3.63, 3.8) is 0 Å². The molecule has 2 N–H and O–H groups in total. The van der Waals surface area contributed by atoms with Gasteiger partial charge < -0.3 is 20.0 Å². The van der Waals surface area contributed by atoms with Gasteiger partial charge in [0.25, 0.3) is 0 Å². The first-order valence-corrected chi connectivity index (χ1v) is 10.4. The number of aromatic nitrogens is 3. The Morgan fingerprint density at radius 3 is 2.32 bits per heavy atom. The molecule has 7 heteroatoms. The van der Waals surface area contributed by atoms with Gasteiger partial charge in [0.05, 0.1) is 5.56 Å². The number of hydrogen-bond donors (Lipinski definition) is 2. The molecule has 1 aliphatic heterocycles. The Bertz CT molecular complexity index is 1240. The van der Waals surface area contributed by atoms with Gasteiger partial charge in [-0.3, -0.25) is 4.57 Å². The van der Waals surface area contributed by atoms with Crippen molar-refractivity contribution in [3.8, 4) is 28.6 Å². The number of phenols is 2. The summed E-state index contributed by atoms with van der Waals surface area (Å²) in [5, 5.41) is 20.5. The maximum Gasteiger partial charge on any atom is 0.164 e.